The number of methoxy groups -OCH3 is 2. The zero-order valence-corrected chi connectivity index (χ0v) is 12.9. The number of aromatic nitrogens is 1. The van der Waals surface area contributed by atoms with Crippen LogP contribution in [0.25, 0.3) is 10.9 Å². The molecule has 1 heterocycles. The molecule has 0 fully saturated rings. The summed E-state index contributed by atoms with van der Waals surface area (Å²) in [7, 11) is 3.11. The molecule has 22 heavy (non-hydrogen) atoms. The van der Waals surface area contributed by atoms with E-state index in [1.807, 2.05) is 6.07 Å². The van der Waals surface area contributed by atoms with Crippen molar-refractivity contribution in [2.45, 2.75) is 13.0 Å². The van der Waals surface area contributed by atoms with E-state index in [2.05, 4.69) is 0 Å². The third-order valence-electron chi connectivity index (χ3n) is 3.49. The lowest BCUT2D eigenvalue weighted by molar-refractivity contribution is -0.148. The van der Waals surface area contributed by atoms with Crippen molar-refractivity contribution in [1.29, 1.82) is 0 Å². The zero-order chi connectivity index (χ0) is 16.1. The highest BCUT2D eigenvalue weighted by atomic mass is 16.6. The van der Waals surface area contributed by atoms with Crippen molar-refractivity contribution < 1.29 is 23.8 Å². The van der Waals surface area contributed by atoms with Gasteiger partial charge in [-0.3, -0.25) is 4.79 Å². The van der Waals surface area contributed by atoms with Gasteiger partial charge in [-0.1, -0.05) is 0 Å². The van der Waals surface area contributed by atoms with E-state index in [9.17, 15) is 9.59 Å². The van der Waals surface area contributed by atoms with Crippen LogP contribution in [0.3, 0.4) is 0 Å². The maximum Gasteiger partial charge on any atom is 0.328 e. The first-order valence-corrected chi connectivity index (χ1v) is 6.91. The molecular weight excluding hydrogens is 286 g/mol. The van der Waals surface area contributed by atoms with Gasteiger partial charge in [0.2, 0.25) is 0 Å². The summed E-state index contributed by atoms with van der Waals surface area (Å²) in [6, 6.07) is 4.84. The molecular formula is C16H19NO5. The molecule has 118 valence electrons. The van der Waals surface area contributed by atoms with Gasteiger partial charge in [-0.2, -0.15) is 0 Å². The predicted molar refractivity (Wildman–Crippen MR) is 81.4 cm³/mol. The lowest BCUT2D eigenvalue weighted by atomic mass is 10.2. The second-order valence-electron chi connectivity index (χ2n) is 4.83. The van der Waals surface area contributed by atoms with Crippen LogP contribution in [-0.4, -0.2) is 44.3 Å². The Morgan fingerprint density at radius 2 is 2.09 bits per heavy atom. The fraction of sp³-hybridized carbons (Fsp3) is 0.375. The van der Waals surface area contributed by atoms with Crippen LogP contribution in [0.15, 0.2) is 24.4 Å². The van der Waals surface area contributed by atoms with Crippen molar-refractivity contribution >= 4 is 23.2 Å². The summed E-state index contributed by atoms with van der Waals surface area (Å²) < 4.78 is 16.9. The minimum absolute atomic E-state index is 0.202. The SMILES string of the molecule is COCCOC(=O)C(C)n1cc(C=O)c2cc(OC)ccc21. The van der Waals surface area contributed by atoms with Gasteiger partial charge < -0.3 is 18.8 Å². The smallest absolute Gasteiger partial charge is 0.328 e. The summed E-state index contributed by atoms with van der Waals surface area (Å²) in [4.78, 5) is 23.3. The minimum Gasteiger partial charge on any atom is -0.497 e. The number of benzene rings is 1. The molecule has 0 amide bonds. The summed E-state index contributed by atoms with van der Waals surface area (Å²) in [6.45, 7) is 2.28. The molecule has 0 saturated carbocycles. The molecule has 0 spiro atoms. The van der Waals surface area contributed by atoms with Crippen LogP contribution < -0.4 is 4.74 Å². The van der Waals surface area contributed by atoms with Crippen molar-refractivity contribution in [3.05, 3.63) is 30.0 Å². The number of carbonyl (C=O) groups excluding carboxylic acids is 2. The quantitative estimate of drug-likeness (QED) is 0.446. The van der Waals surface area contributed by atoms with Gasteiger partial charge in [0.25, 0.3) is 0 Å². The van der Waals surface area contributed by atoms with Crippen molar-refractivity contribution in [2.24, 2.45) is 0 Å². The Morgan fingerprint density at radius 3 is 2.73 bits per heavy atom. The van der Waals surface area contributed by atoms with Gasteiger partial charge >= 0.3 is 5.97 Å². The number of fused-ring (bicyclic) bond motifs is 1. The zero-order valence-electron chi connectivity index (χ0n) is 12.9. The molecule has 0 bridgehead atoms. The molecule has 0 saturated heterocycles. The van der Waals surface area contributed by atoms with Crippen LogP contribution in [0, 0.1) is 0 Å². The summed E-state index contributed by atoms with van der Waals surface area (Å²) in [5, 5.41) is 0.742. The Bertz CT molecular complexity index is 676. The van der Waals surface area contributed by atoms with Crippen LogP contribution in [-0.2, 0) is 14.3 Å². The summed E-state index contributed by atoms with van der Waals surface area (Å²) in [5.41, 5.74) is 1.28. The third kappa shape index (κ3) is 3.12. The van der Waals surface area contributed by atoms with Crippen molar-refractivity contribution in [2.75, 3.05) is 27.4 Å². The van der Waals surface area contributed by atoms with E-state index in [1.54, 1.807) is 44.0 Å². The molecule has 2 aromatic rings. The first kappa shape index (κ1) is 16.0. The molecule has 1 unspecified atom stereocenters. The van der Waals surface area contributed by atoms with Crippen LogP contribution in [0.1, 0.15) is 23.3 Å². The molecule has 0 aliphatic heterocycles. The van der Waals surface area contributed by atoms with Crippen LogP contribution >= 0.6 is 0 Å². The van der Waals surface area contributed by atoms with Crippen LogP contribution in [0.5, 0.6) is 5.75 Å². The summed E-state index contributed by atoms with van der Waals surface area (Å²) in [6.07, 6.45) is 2.42. The Balaban J connectivity index is 2.34. The largest absolute Gasteiger partial charge is 0.497 e. The van der Waals surface area contributed by atoms with Crippen molar-refractivity contribution in [1.82, 2.24) is 4.57 Å². The Hall–Kier alpha value is -2.34. The molecule has 2 rings (SSSR count). The van der Waals surface area contributed by atoms with E-state index >= 15 is 0 Å². The molecule has 6 heteroatoms. The number of carbonyl (C=O) groups is 2. The van der Waals surface area contributed by atoms with E-state index in [4.69, 9.17) is 14.2 Å². The van der Waals surface area contributed by atoms with Crippen LogP contribution in [0.4, 0.5) is 0 Å². The molecule has 0 aliphatic rings. The highest BCUT2D eigenvalue weighted by Gasteiger charge is 2.20. The molecule has 0 radical (unpaired) electrons. The standard InChI is InChI=1S/C16H19NO5/c1-11(16(19)22-7-6-20-2)17-9-12(10-18)14-8-13(21-3)4-5-15(14)17/h4-5,8-11H,6-7H2,1-3H3. The topological polar surface area (TPSA) is 66.8 Å². The first-order chi connectivity index (χ1) is 10.6. The number of hydrogen-bond donors (Lipinski definition) is 0. The van der Waals surface area contributed by atoms with Gasteiger partial charge in [0.15, 0.2) is 6.29 Å². The maximum atomic E-state index is 12.1. The normalized spacial score (nSPS) is 12.1. The monoisotopic (exact) mass is 305 g/mol. The van der Waals surface area contributed by atoms with Gasteiger partial charge in [-0.05, 0) is 25.1 Å². The van der Waals surface area contributed by atoms with Gasteiger partial charge in [0, 0.05) is 29.8 Å². The minimum atomic E-state index is -0.540. The third-order valence-corrected chi connectivity index (χ3v) is 3.49. The number of rotatable bonds is 7. The highest BCUT2D eigenvalue weighted by Crippen LogP contribution is 2.28. The van der Waals surface area contributed by atoms with E-state index < -0.39 is 6.04 Å². The molecule has 0 N–H and O–H groups in total. The molecule has 0 aliphatic carbocycles. The molecule has 1 atom stereocenters. The van der Waals surface area contributed by atoms with Gasteiger partial charge in [0.1, 0.15) is 18.4 Å². The highest BCUT2D eigenvalue weighted by molar-refractivity contribution is 5.99. The lowest BCUT2D eigenvalue weighted by Crippen LogP contribution is -2.20. The Kier molecular flexibility index (Phi) is 5.16. The van der Waals surface area contributed by atoms with Gasteiger partial charge in [-0.25, -0.2) is 4.79 Å². The number of ether oxygens (including phenoxy) is 3. The fourth-order valence-corrected chi connectivity index (χ4v) is 2.26. The van der Waals surface area contributed by atoms with Crippen molar-refractivity contribution in [3.63, 3.8) is 0 Å². The maximum absolute atomic E-state index is 12.1. The number of hydrogen-bond acceptors (Lipinski definition) is 5. The molecule has 1 aromatic heterocycles. The van der Waals surface area contributed by atoms with Gasteiger partial charge in [-0.15, -0.1) is 0 Å². The average Bonchev–Trinajstić information content (AvgIpc) is 2.91. The summed E-state index contributed by atoms with van der Waals surface area (Å²) in [5.74, 6) is 0.283. The van der Waals surface area contributed by atoms with E-state index in [1.165, 1.54) is 0 Å². The second kappa shape index (κ2) is 7.09. The molecule has 1 aromatic carbocycles. The van der Waals surface area contributed by atoms with Gasteiger partial charge in [0.05, 0.1) is 13.7 Å². The number of aldehydes is 1. The first-order valence-electron chi connectivity index (χ1n) is 6.91. The van der Waals surface area contributed by atoms with E-state index in [0.29, 0.717) is 17.9 Å². The average molecular weight is 305 g/mol. The number of nitrogens with zero attached hydrogens (tertiary/aromatic N) is 1. The van der Waals surface area contributed by atoms with Crippen molar-refractivity contribution in [3.8, 4) is 5.75 Å². The second-order valence-corrected chi connectivity index (χ2v) is 4.83. The van der Waals surface area contributed by atoms with E-state index in [-0.39, 0.29) is 12.6 Å². The fourth-order valence-electron chi connectivity index (χ4n) is 2.26. The number of esters is 1. The Morgan fingerprint density at radius 1 is 1.32 bits per heavy atom. The summed E-state index contributed by atoms with van der Waals surface area (Å²) >= 11 is 0. The lowest BCUT2D eigenvalue weighted by Gasteiger charge is -2.14. The predicted octanol–water partition coefficient (Wildman–Crippen LogP) is 2.21. The van der Waals surface area contributed by atoms with Crippen LogP contribution in [0.2, 0.25) is 0 Å². The van der Waals surface area contributed by atoms with E-state index in [0.717, 1.165) is 17.2 Å². The molecule has 6 nitrogen and oxygen atoms in total. The Labute approximate surface area is 128 Å².